The van der Waals surface area contributed by atoms with Crippen LogP contribution in [0.4, 0.5) is 20.7 Å². The monoisotopic (exact) mass is 460 g/mol. The molecule has 2 amide bonds. The maximum absolute atomic E-state index is 14.9. The lowest BCUT2D eigenvalue weighted by molar-refractivity contribution is -0.117. The predicted molar refractivity (Wildman–Crippen MR) is 124 cm³/mol. The number of carboxylic acid groups (broad SMARTS) is 1. The van der Waals surface area contributed by atoms with Gasteiger partial charge in [0, 0.05) is 12.0 Å². The lowest BCUT2D eigenvalue weighted by Crippen LogP contribution is -2.29. The molecule has 5 rings (SSSR count). The van der Waals surface area contributed by atoms with E-state index in [0.29, 0.717) is 17.2 Å². The van der Waals surface area contributed by atoms with Gasteiger partial charge in [0.05, 0.1) is 24.6 Å². The van der Waals surface area contributed by atoms with Crippen LogP contribution in [-0.4, -0.2) is 26.5 Å². The van der Waals surface area contributed by atoms with E-state index in [2.05, 4.69) is 10.3 Å². The summed E-state index contributed by atoms with van der Waals surface area (Å²) in [4.78, 5) is 29.0. The quantitative estimate of drug-likeness (QED) is 0.390. The Morgan fingerprint density at radius 1 is 1.09 bits per heavy atom. The van der Waals surface area contributed by atoms with E-state index in [0.717, 1.165) is 29.4 Å². The molecular formula is C25H21FN4O4. The summed E-state index contributed by atoms with van der Waals surface area (Å²) in [5.41, 5.74) is 1.30. The third-order valence-corrected chi connectivity index (χ3v) is 5.48. The van der Waals surface area contributed by atoms with Crippen molar-refractivity contribution in [3.8, 4) is 11.5 Å². The number of anilines is 2. The van der Waals surface area contributed by atoms with Gasteiger partial charge in [0.25, 0.3) is 0 Å². The standard InChI is InChI=1S/C25H21FN4O4/c26-20-12-18(8-10-21(20)30(25(32)33)13-16-4-2-1-3-5-16)34-19-9-11-23-27-22(15-29(23)14-19)28-24(31)17-6-7-17/h1-5,8-12,14-15,17H,6-7,13H2,(H,28,31)(H,32,33). The van der Waals surface area contributed by atoms with Crippen molar-refractivity contribution >= 4 is 29.2 Å². The Morgan fingerprint density at radius 2 is 1.85 bits per heavy atom. The van der Waals surface area contributed by atoms with Crippen LogP contribution in [0.25, 0.3) is 5.65 Å². The number of halogens is 1. The summed E-state index contributed by atoms with van der Waals surface area (Å²) < 4.78 is 22.4. The predicted octanol–water partition coefficient (Wildman–Crippen LogP) is 5.30. The Labute approximate surface area is 194 Å². The molecule has 1 aliphatic carbocycles. The van der Waals surface area contributed by atoms with Crippen LogP contribution < -0.4 is 15.0 Å². The lowest BCUT2D eigenvalue weighted by Gasteiger charge is -2.20. The fourth-order valence-corrected chi connectivity index (χ4v) is 3.59. The first-order chi connectivity index (χ1) is 16.5. The van der Waals surface area contributed by atoms with Crippen LogP contribution in [0.1, 0.15) is 18.4 Å². The van der Waals surface area contributed by atoms with Crippen LogP contribution >= 0.6 is 0 Å². The van der Waals surface area contributed by atoms with E-state index in [4.69, 9.17) is 4.74 Å². The molecule has 0 radical (unpaired) electrons. The third-order valence-electron chi connectivity index (χ3n) is 5.48. The average Bonchev–Trinajstić information content (AvgIpc) is 3.59. The zero-order valence-corrected chi connectivity index (χ0v) is 18.0. The number of amides is 2. The molecule has 4 aromatic rings. The first-order valence-electron chi connectivity index (χ1n) is 10.8. The summed E-state index contributed by atoms with van der Waals surface area (Å²) in [7, 11) is 0. The van der Waals surface area contributed by atoms with E-state index in [9.17, 15) is 19.1 Å². The molecule has 0 aliphatic heterocycles. The van der Waals surface area contributed by atoms with Crippen molar-refractivity contribution in [3.63, 3.8) is 0 Å². The molecule has 2 aromatic carbocycles. The number of hydrogen-bond acceptors (Lipinski definition) is 4. The molecule has 8 nitrogen and oxygen atoms in total. The molecule has 1 fully saturated rings. The largest absolute Gasteiger partial charge is 0.465 e. The molecule has 0 atom stereocenters. The highest BCUT2D eigenvalue weighted by atomic mass is 19.1. The summed E-state index contributed by atoms with van der Waals surface area (Å²) in [6.07, 6.45) is 3.90. The zero-order valence-electron chi connectivity index (χ0n) is 18.0. The molecular weight excluding hydrogens is 439 g/mol. The van der Waals surface area contributed by atoms with Crippen molar-refractivity contribution in [2.24, 2.45) is 5.92 Å². The van der Waals surface area contributed by atoms with E-state index in [1.165, 1.54) is 12.1 Å². The van der Waals surface area contributed by atoms with Crippen molar-refractivity contribution in [3.05, 3.63) is 84.4 Å². The van der Waals surface area contributed by atoms with Gasteiger partial charge in [-0.15, -0.1) is 0 Å². The minimum Gasteiger partial charge on any atom is -0.465 e. The van der Waals surface area contributed by atoms with E-state index in [1.54, 1.807) is 53.2 Å². The minimum atomic E-state index is -1.26. The molecule has 2 aromatic heterocycles. The molecule has 9 heteroatoms. The zero-order chi connectivity index (χ0) is 23.7. The van der Waals surface area contributed by atoms with E-state index >= 15 is 0 Å². The molecule has 2 heterocycles. The van der Waals surface area contributed by atoms with Crippen LogP contribution in [0.2, 0.25) is 0 Å². The van der Waals surface area contributed by atoms with E-state index < -0.39 is 11.9 Å². The molecule has 2 N–H and O–H groups in total. The Bertz CT molecular complexity index is 1370. The number of nitrogens with zero attached hydrogens (tertiary/aromatic N) is 3. The Morgan fingerprint density at radius 3 is 2.56 bits per heavy atom. The number of carbonyl (C=O) groups is 2. The minimum absolute atomic E-state index is 0.0181. The van der Waals surface area contributed by atoms with Gasteiger partial charge in [-0.3, -0.25) is 9.69 Å². The van der Waals surface area contributed by atoms with Crippen molar-refractivity contribution in [1.82, 2.24) is 9.38 Å². The Kier molecular flexibility index (Phi) is 5.59. The van der Waals surface area contributed by atoms with Crippen LogP contribution in [0.3, 0.4) is 0 Å². The highest BCUT2D eigenvalue weighted by Crippen LogP contribution is 2.31. The van der Waals surface area contributed by atoms with Crippen molar-refractivity contribution < 1.29 is 23.8 Å². The first kappa shape index (κ1) is 21.4. The second-order valence-electron chi connectivity index (χ2n) is 8.09. The van der Waals surface area contributed by atoms with Crippen LogP contribution in [0.5, 0.6) is 11.5 Å². The first-order valence-corrected chi connectivity index (χ1v) is 10.8. The number of ether oxygens (including phenoxy) is 1. The summed E-state index contributed by atoms with van der Waals surface area (Å²) in [5.74, 6) is 0.426. The van der Waals surface area contributed by atoms with Crippen LogP contribution in [0.15, 0.2) is 73.1 Å². The second kappa shape index (κ2) is 8.86. The van der Waals surface area contributed by atoms with Crippen molar-refractivity contribution in [1.29, 1.82) is 0 Å². The van der Waals surface area contributed by atoms with Gasteiger partial charge < -0.3 is 19.6 Å². The maximum Gasteiger partial charge on any atom is 0.412 e. The molecule has 34 heavy (non-hydrogen) atoms. The molecule has 0 spiro atoms. The topological polar surface area (TPSA) is 96.2 Å². The summed E-state index contributed by atoms with van der Waals surface area (Å²) >= 11 is 0. The molecule has 1 saturated carbocycles. The summed E-state index contributed by atoms with van der Waals surface area (Å²) in [6, 6.07) is 16.4. The van der Waals surface area contributed by atoms with Gasteiger partial charge in [0.2, 0.25) is 5.91 Å². The highest BCUT2D eigenvalue weighted by Gasteiger charge is 2.30. The number of imidazole rings is 1. The molecule has 0 unspecified atom stereocenters. The highest BCUT2D eigenvalue weighted by molar-refractivity contribution is 5.93. The third kappa shape index (κ3) is 4.68. The van der Waals surface area contributed by atoms with E-state index in [-0.39, 0.29) is 29.8 Å². The normalized spacial score (nSPS) is 13.0. The molecule has 1 aliphatic rings. The smallest absolute Gasteiger partial charge is 0.412 e. The number of nitrogens with one attached hydrogen (secondary N) is 1. The number of pyridine rings is 1. The van der Waals surface area contributed by atoms with Gasteiger partial charge in [-0.1, -0.05) is 30.3 Å². The number of fused-ring (bicyclic) bond motifs is 1. The van der Waals surface area contributed by atoms with Gasteiger partial charge in [0.15, 0.2) is 11.6 Å². The SMILES string of the molecule is O=C(Nc1cn2cc(Oc3ccc(N(Cc4ccccc4)C(=O)O)c(F)c3)ccc2n1)C1CC1. The maximum atomic E-state index is 14.9. The number of aromatic nitrogens is 2. The van der Waals surface area contributed by atoms with Gasteiger partial charge in [0.1, 0.15) is 17.1 Å². The fraction of sp³-hybridized carbons (Fsp3) is 0.160. The molecule has 172 valence electrons. The summed E-state index contributed by atoms with van der Waals surface area (Å²) in [5, 5.41) is 12.4. The number of rotatable bonds is 7. The number of hydrogen-bond donors (Lipinski definition) is 2. The van der Waals surface area contributed by atoms with Gasteiger partial charge in [-0.05, 0) is 42.7 Å². The molecule has 0 bridgehead atoms. The second-order valence-corrected chi connectivity index (χ2v) is 8.09. The van der Waals surface area contributed by atoms with Crippen molar-refractivity contribution in [2.75, 3.05) is 10.2 Å². The van der Waals surface area contributed by atoms with Gasteiger partial charge in [-0.2, -0.15) is 0 Å². The number of carbonyl (C=O) groups excluding carboxylic acids is 1. The summed E-state index contributed by atoms with van der Waals surface area (Å²) in [6.45, 7) is 0.0181. The average molecular weight is 460 g/mol. The Balaban J connectivity index is 1.32. The van der Waals surface area contributed by atoms with Gasteiger partial charge in [-0.25, -0.2) is 14.2 Å². The Hall–Kier alpha value is -4.40. The van der Waals surface area contributed by atoms with Crippen LogP contribution in [-0.2, 0) is 11.3 Å². The van der Waals surface area contributed by atoms with Crippen LogP contribution in [0, 0.1) is 11.7 Å². The number of benzene rings is 2. The van der Waals surface area contributed by atoms with Crippen molar-refractivity contribution in [2.45, 2.75) is 19.4 Å². The van der Waals surface area contributed by atoms with Gasteiger partial charge >= 0.3 is 6.09 Å². The molecule has 0 saturated heterocycles. The lowest BCUT2D eigenvalue weighted by atomic mass is 10.2. The van der Waals surface area contributed by atoms with E-state index in [1.807, 2.05) is 6.07 Å². The fourth-order valence-electron chi connectivity index (χ4n) is 3.59.